The van der Waals surface area contributed by atoms with E-state index in [2.05, 4.69) is 10.6 Å². The number of benzene rings is 1. The Balaban J connectivity index is 2.21. The number of carbonyl (C=O) groups is 1. The Bertz CT molecular complexity index is 416. The number of aryl methyl sites for hydroxylation is 1. The molecule has 0 aliphatic carbocycles. The van der Waals surface area contributed by atoms with E-state index in [1.165, 1.54) is 12.1 Å². The van der Waals surface area contributed by atoms with Crippen LogP contribution < -0.4 is 10.6 Å². The van der Waals surface area contributed by atoms with Crippen molar-refractivity contribution in [3.63, 3.8) is 0 Å². The number of thioether (sulfide) groups is 1. The first kappa shape index (κ1) is 15.8. The minimum atomic E-state index is -0.297. The van der Waals surface area contributed by atoms with Crippen LogP contribution in [0.1, 0.15) is 12.0 Å². The molecular weight excluding hydrogens is 267 g/mol. The Morgan fingerprint density at radius 1 is 1.42 bits per heavy atom. The fourth-order valence-corrected chi connectivity index (χ4v) is 2.19. The van der Waals surface area contributed by atoms with Crippen molar-refractivity contribution in [2.75, 3.05) is 30.0 Å². The van der Waals surface area contributed by atoms with Gasteiger partial charge in [0.05, 0.1) is 0 Å². The number of aliphatic hydroxyl groups is 1. The molecule has 19 heavy (non-hydrogen) atoms. The predicted molar refractivity (Wildman–Crippen MR) is 77.2 cm³/mol. The van der Waals surface area contributed by atoms with Gasteiger partial charge in [-0.15, -0.1) is 0 Å². The molecule has 4 nitrogen and oxygen atoms in total. The summed E-state index contributed by atoms with van der Waals surface area (Å²) >= 11 is 1.68. The molecule has 106 valence electrons. The number of aliphatic hydroxyl groups excluding tert-OH is 1. The van der Waals surface area contributed by atoms with Crippen LogP contribution in [0, 0.1) is 12.7 Å². The molecule has 0 saturated carbocycles. The molecule has 0 aliphatic rings. The first-order valence-corrected chi connectivity index (χ1v) is 7.28. The minimum absolute atomic E-state index is 0.199. The van der Waals surface area contributed by atoms with Gasteiger partial charge >= 0.3 is 6.03 Å². The SMILES string of the molecule is Cc1cc(NC(=O)NCCSCCCO)ccc1F. The highest BCUT2D eigenvalue weighted by Gasteiger charge is 2.03. The zero-order valence-electron chi connectivity index (χ0n) is 10.9. The summed E-state index contributed by atoms with van der Waals surface area (Å²) < 4.78 is 13.0. The number of rotatable bonds is 7. The third kappa shape index (κ3) is 6.45. The van der Waals surface area contributed by atoms with Gasteiger partial charge in [-0.3, -0.25) is 0 Å². The normalized spacial score (nSPS) is 10.3. The van der Waals surface area contributed by atoms with Crippen molar-refractivity contribution in [3.05, 3.63) is 29.6 Å². The van der Waals surface area contributed by atoms with Crippen molar-refractivity contribution >= 4 is 23.5 Å². The van der Waals surface area contributed by atoms with E-state index in [-0.39, 0.29) is 18.5 Å². The van der Waals surface area contributed by atoms with Gasteiger partial charge < -0.3 is 15.7 Å². The summed E-state index contributed by atoms with van der Waals surface area (Å²) in [7, 11) is 0. The quantitative estimate of drug-likeness (QED) is 0.674. The minimum Gasteiger partial charge on any atom is -0.396 e. The van der Waals surface area contributed by atoms with Crippen LogP contribution in [0.15, 0.2) is 18.2 Å². The van der Waals surface area contributed by atoms with Crippen molar-refractivity contribution < 1.29 is 14.3 Å². The second-order valence-electron chi connectivity index (χ2n) is 4.03. The summed E-state index contributed by atoms with van der Waals surface area (Å²) in [5.41, 5.74) is 1.07. The smallest absolute Gasteiger partial charge is 0.319 e. The van der Waals surface area contributed by atoms with Crippen LogP contribution in [-0.2, 0) is 0 Å². The highest BCUT2D eigenvalue weighted by atomic mass is 32.2. The van der Waals surface area contributed by atoms with E-state index in [9.17, 15) is 9.18 Å². The van der Waals surface area contributed by atoms with Crippen molar-refractivity contribution in [2.45, 2.75) is 13.3 Å². The summed E-state index contributed by atoms with van der Waals surface area (Å²) in [4.78, 5) is 11.5. The van der Waals surface area contributed by atoms with E-state index < -0.39 is 0 Å². The molecule has 1 rings (SSSR count). The van der Waals surface area contributed by atoms with Gasteiger partial charge in [0.25, 0.3) is 0 Å². The van der Waals surface area contributed by atoms with Crippen LogP contribution in [0.2, 0.25) is 0 Å². The monoisotopic (exact) mass is 286 g/mol. The van der Waals surface area contributed by atoms with Gasteiger partial charge in [-0.25, -0.2) is 9.18 Å². The zero-order chi connectivity index (χ0) is 14.1. The zero-order valence-corrected chi connectivity index (χ0v) is 11.7. The van der Waals surface area contributed by atoms with Gasteiger partial charge in [-0.1, -0.05) is 0 Å². The Hall–Kier alpha value is -1.27. The Morgan fingerprint density at radius 2 is 2.21 bits per heavy atom. The van der Waals surface area contributed by atoms with Crippen LogP contribution in [-0.4, -0.2) is 35.8 Å². The summed E-state index contributed by atoms with van der Waals surface area (Å²) in [6, 6.07) is 4.15. The van der Waals surface area contributed by atoms with E-state index in [1.807, 2.05) is 0 Å². The molecule has 0 spiro atoms. The first-order valence-electron chi connectivity index (χ1n) is 6.13. The first-order chi connectivity index (χ1) is 9.13. The standard InChI is InChI=1S/C13H19FN2O2S/c1-10-9-11(3-4-12(10)14)16-13(18)15-5-8-19-7-2-6-17/h3-4,9,17H,2,5-8H2,1H3,(H2,15,16,18). The number of hydrogen-bond acceptors (Lipinski definition) is 3. The molecule has 3 N–H and O–H groups in total. The second-order valence-corrected chi connectivity index (χ2v) is 5.26. The molecule has 0 saturated heterocycles. The van der Waals surface area contributed by atoms with Gasteiger partial charge in [-0.2, -0.15) is 11.8 Å². The number of anilines is 1. The number of amides is 2. The summed E-state index contributed by atoms with van der Waals surface area (Å²) in [6.45, 7) is 2.41. The van der Waals surface area contributed by atoms with Crippen molar-refractivity contribution in [1.29, 1.82) is 0 Å². The fourth-order valence-electron chi connectivity index (χ4n) is 1.40. The van der Waals surface area contributed by atoms with Gasteiger partial charge in [0.15, 0.2) is 0 Å². The maximum Gasteiger partial charge on any atom is 0.319 e. The third-order valence-electron chi connectivity index (χ3n) is 2.39. The van der Waals surface area contributed by atoms with E-state index in [0.717, 1.165) is 17.9 Å². The molecule has 0 unspecified atom stereocenters. The number of nitrogens with one attached hydrogen (secondary N) is 2. The van der Waals surface area contributed by atoms with Crippen molar-refractivity contribution in [1.82, 2.24) is 5.32 Å². The molecule has 1 aromatic rings. The maximum atomic E-state index is 13.0. The van der Waals surface area contributed by atoms with E-state index in [0.29, 0.717) is 17.8 Å². The van der Waals surface area contributed by atoms with Gasteiger partial charge in [0, 0.05) is 24.6 Å². The van der Waals surface area contributed by atoms with Gasteiger partial charge in [0.2, 0.25) is 0 Å². The average molecular weight is 286 g/mol. The number of carbonyl (C=O) groups excluding carboxylic acids is 1. The lowest BCUT2D eigenvalue weighted by Gasteiger charge is -2.08. The fraction of sp³-hybridized carbons (Fsp3) is 0.462. The van der Waals surface area contributed by atoms with Crippen molar-refractivity contribution in [3.8, 4) is 0 Å². The molecule has 0 aliphatic heterocycles. The Kier molecular flexibility index (Phi) is 7.28. The molecule has 0 fully saturated rings. The predicted octanol–water partition coefficient (Wildman–Crippen LogP) is 2.37. The maximum absolute atomic E-state index is 13.0. The molecule has 0 radical (unpaired) electrons. The molecule has 1 aromatic carbocycles. The molecule has 0 bridgehead atoms. The number of halogens is 1. The molecule has 0 heterocycles. The lowest BCUT2D eigenvalue weighted by atomic mass is 10.2. The van der Waals surface area contributed by atoms with Crippen LogP contribution >= 0.6 is 11.8 Å². The largest absolute Gasteiger partial charge is 0.396 e. The topological polar surface area (TPSA) is 61.4 Å². The third-order valence-corrected chi connectivity index (χ3v) is 3.46. The number of hydrogen-bond donors (Lipinski definition) is 3. The molecule has 2 amide bonds. The highest BCUT2D eigenvalue weighted by Crippen LogP contribution is 2.13. The van der Waals surface area contributed by atoms with E-state index in [4.69, 9.17) is 5.11 Å². The highest BCUT2D eigenvalue weighted by molar-refractivity contribution is 7.99. The van der Waals surface area contributed by atoms with Crippen LogP contribution in [0.25, 0.3) is 0 Å². The van der Waals surface area contributed by atoms with E-state index >= 15 is 0 Å². The van der Waals surface area contributed by atoms with Crippen LogP contribution in [0.4, 0.5) is 14.9 Å². The molecule has 0 atom stereocenters. The number of urea groups is 1. The Morgan fingerprint density at radius 3 is 2.89 bits per heavy atom. The average Bonchev–Trinajstić information content (AvgIpc) is 2.38. The lowest BCUT2D eigenvalue weighted by Crippen LogP contribution is -2.30. The second kappa shape index (κ2) is 8.77. The summed E-state index contributed by atoms with van der Waals surface area (Å²) in [5, 5.41) is 14.0. The van der Waals surface area contributed by atoms with E-state index in [1.54, 1.807) is 24.8 Å². The van der Waals surface area contributed by atoms with Crippen LogP contribution in [0.5, 0.6) is 0 Å². The van der Waals surface area contributed by atoms with Crippen molar-refractivity contribution in [2.24, 2.45) is 0 Å². The molecule has 6 heteroatoms. The Labute approximate surface area is 116 Å². The summed E-state index contributed by atoms with van der Waals surface area (Å²) in [5.74, 6) is 1.40. The lowest BCUT2D eigenvalue weighted by molar-refractivity contribution is 0.252. The van der Waals surface area contributed by atoms with Crippen LogP contribution in [0.3, 0.4) is 0 Å². The summed E-state index contributed by atoms with van der Waals surface area (Å²) in [6.07, 6.45) is 0.770. The van der Waals surface area contributed by atoms with Gasteiger partial charge in [0.1, 0.15) is 5.82 Å². The molecule has 0 aromatic heterocycles. The molecular formula is C13H19FN2O2S. The van der Waals surface area contributed by atoms with Gasteiger partial charge in [-0.05, 0) is 42.9 Å².